The quantitative estimate of drug-likeness (QED) is 0.273. The fraction of sp³-hybridized carbons (Fsp3) is 0.364. The number of likely N-dealkylation sites (tertiary alicyclic amines) is 1. The zero-order valence-corrected chi connectivity index (χ0v) is 25.4. The minimum Gasteiger partial charge on any atom is -0.367 e. The molecule has 0 bridgehead atoms. The van der Waals surface area contributed by atoms with Gasteiger partial charge in [0.15, 0.2) is 11.5 Å². The molecular formula is C33H37N9O2. The van der Waals surface area contributed by atoms with Crippen molar-refractivity contribution >= 4 is 46.0 Å². The van der Waals surface area contributed by atoms with Crippen molar-refractivity contribution in [2.75, 3.05) is 36.8 Å². The third-order valence-corrected chi connectivity index (χ3v) is 9.07. The molecule has 3 aliphatic rings. The fourth-order valence-corrected chi connectivity index (χ4v) is 6.66. The molecule has 0 radical (unpaired) electrons. The Morgan fingerprint density at radius 2 is 1.80 bits per heavy atom. The van der Waals surface area contributed by atoms with Crippen molar-refractivity contribution in [3.8, 4) is 0 Å². The van der Waals surface area contributed by atoms with Crippen LogP contribution in [0.3, 0.4) is 0 Å². The van der Waals surface area contributed by atoms with Crippen LogP contribution in [0.15, 0.2) is 54.4 Å². The molecule has 11 nitrogen and oxygen atoms in total. The van der Waals surface area contributed by atoms with Gasteiger partial charge in [0.05, 0.1) is 5.39 Å². The van der Waals surface area contributed by atoms with Gasteiger partial charge in [0.25, 0.3) is 11.8 Å². The van der Waals surface area contributed by atoms with Gasteiger partial charge in [-0.3, -0.25) is 19.8 Å². The molecule has 2 aromatic carbocycles. The maximum absolute atomic E-state index is 12.0. The minimum atomic E-state index is -0.313. The molecule has 1 saturated heterocycles. The van der Waals surface area contributed by atoms with Gasteiger partial charge < -0.3 is 15.5 Å². The van der Waals surface area contributed by atoms with E-state index in [-0.39, 0.29) is 11.8 Å². The van der Waals surface area contributed by atoms with Gasteiger partial charge in [0, 0.05) is 63.4 Å². The van der Waals surface area contributed by atoms with Gasteiger partial charge in [-0.25, -0.2) is 9.67 Å². The highest BCUT2D eigenvalue weighted by atomic mass is 16.2. The number of nitrogens with one attached hydrogen (secondary N) is 3. The van der Waals surface area contributed by atoms with E-state index in [0.29, 0.717) is 17.6 Å². The number of benzene rings is 2. The van der Waals surface area contributed by atoms with Crippen LogP contribution >= 0.6 is 0 Å². The highest BCUT2D eigenvalue weighted by Crippen LogP contribution is 2.30. The normalized spacial score (nSPS) is 17.5. The molecule has 226 valence electrons. The predicted molar refractivity (Wildman–Crippen MR) is 170 cm³/mol. The third-order valence-electron chi connectivity index (χ3n) is 9.07. The number of nitrogens with zero attached hydrogens (tertiary/aromatic N) is 6. The largest absolute Gasteiger partial charge is 0.367 e. The average Bonchev–Trinajstić information content (AvgIpc) is 3.51. The zero-order chi connectivity index (χ0) is 30.4. The molecule has 11 heteroatoms. The number of fused-ring (bicyclic) bond motifs is 2. The molecule has 3 N–H and O–H groups in total. The molecule has 3 aliphatic heterocycles. The first-order chi connectivity index (χ1) is 21.3. The number of hydrogen-bond acceptors (Lipinski definition) is 9. The Bertz CT molecular complexity index is 1780. The molecule has 7 rings (SSSR count). The summed E-state index contributed by atoms with van der Waals surface area (Å²) in [5.41, 5.74) is 8.31. The van der Waals surface area contributed by atoms with Gasteiger partial charge in [-0.15, -0.1) is 0 Å². The van der Waals surface area contributed by atoms with E-state index in [9.17, 15) is 9.59 Å². The lowest BCUT2D eigenvalue weighted by molar-refractivity contribution is -0.124. The second-order valence-electron chi connectivity index (χ2n) is 12.2. The number of aryl methyl sites for hydroxylation is 3. The van der Waals surface area contributed by atoms with E-state index in [1.165, 1.54) is 17.2 Å². The van der Waals surface area contributed by atoms with Crippen molar-refractivity contribution in [2.45, 2.75) is 39.7 Å². The van der Waals surface area contributed by atoms with Gasteiger partial charge in [0.2, 0.25) is 5.95 Å². The Hall–Kier alpha value is -4.77. The van der Waals surface area contributed by atoms with Crippen LogP contribution in [0.1, 0.15) is 35.1 Å². The van der Waals surface area contributed by atoms with Gasteiger partial charge in [0.1, 0.15) is 5.70 Å². The van der Waals surface area contributed by atoms with Gasteiger partial charge in [-0.2, -0.15) is 10.1 Å². The molecule has 5 heterocycles. The Labute approximate surface area is 256 Å². The summed E-state index contributed by atoms with van der Waals surface area (Å²) in [7, 11) is 1.90. The number of aromatic nitrogens is 4. The molecular weight excluding hydrogens is 554 g/mol. The molecule has 0 unspecified atom stereocenters. The molecule has 0 atom stereocenters. The van der Waals surface area contributed by atoms with Crippen molar-refractivity contribution in [1.29, 1.82) is 0 Å². The molecule has 0 spiro atoms. The van der Waals surface area contributed by atoms with Gasteiger partial charge in [-0.1, -0.05) is 24.3 Å². The van der Waals surface area contributed by atoms with Crippen LogP contribution in [0.2, 0.25) is 0 Å². The number of rotatable bonds is 7. The molecule has 0 aliphatic carbocycles. The number of para-hydroxylation sites is 1. The van der Waals surface area contributed by atoms with E-state index in [4.69, 9.17) is 10.1 Å². The number of carbonyl (C=O) groups is 2. The SMILES string of the molecule is Cc1cccc(C)c1Nc1nn(C)c2nc(Nc3ccc4c(c3)CN(CC3CCN(C5=CC(=O)NC5=O)CC3)CC4)ncc12. The average molecular weight is 592 g/mol. The highest BCUT2D eigenvalue weighted by molar-refractivity contribution is 6.15. The minimum absolute atomic E-state index is 0.272. The molecule has 4 aromatic rings. The summed E-state index contributed by atoms with van der Waals surface area (Å²) in [6, 6.07) is 12.8. The number of amides is 2. The van der Waals surface area contributed by atoms with Crippen LogP contribution in [0, 0.1) is 19.8 Å². The van der Waals surface area contributed by atoms with Crippen LogP contribution in [0.5, 0.6) is 0 Å². The summed E-state index contributed by atoms with van der Waals surface area (Å²) in [5.74, 6) is 1.26. The Balaban J connectivity index is 0.999. The van der Waals surface area contributed by atoms with Crippen LogP contribution in [0.25, 0.3) is 11.0 Å². The first kappa shape index (κ1) is 28.0. The van der Waals surface area contributed by atoms with Crippen LogP contribution < -0.4 is 16.0 Å². The summed E-state index contributed by atoms with van der Waals surface area (Å²) < 4.78 is 1.78. The van der Waals surface area contributed by atoms with Crippen LogP contribution in [-0.2, 0) is 29.6 Å². The van der Waals surface area contributed by atoms with E-state index >= 15 is 0 Å². The lowest BCUT2D eigenvalue weighted by atomic mass is 9.93. The third kappa shape index (κ3) is 5.50. The number of hydrogen-bond donors (Lipinski definition) is 3. The molecule has 0 saturated carbocycles. The van der Waals surface area contributed by atoms with Crippen LogP contribution in [0.4, 0.5) is 23.1 Å². The highest BCUT2D eigenvalue weighted by Gasteiger charge is 2.30. The molecule has 2 amide bonds. The standard InChI is InChI=1S/C33H37N9O2/c1-20-5-4-6-21(2)29(20)37-30-26-17-34-33(38-31(26)40(3)39-30)35-25-8-7-23-11-12-41(19-24(23)15-25)18-22-9-13-42(14-10-22)27-16-28(43)36-32(27)44/h4-8,15-17,22H,9-14,18-19H2,1-3H3,(H,37,39)(H,34,35,38)(H,36,43,44). The molecule has 44 heavy (non-hydrogen) atoms. The summed E-state index contributed by atoms with van der Waals surface area (Å²) in [6.45, 7) is 8.76. The maximum atomic E-state index is 12.0. The topological polar surface area (TPSA) is 120 Å². The van der Waals surface area contributed by atoms with Crippen molar-refractivity contribution in [2.24, 2.45) is 13.0 Å². The Morgan fingerprint density at radius 3 is 2.55 bits per heavy atom. The fourth-order valence-electron chi connectivity index (χ4n) is 6.66. The lowest BCUT2D eigenvalue weighted by Crippen LogP contribution is -2.41. The molecule has 1 fully saturated rings. The number of anilines is 4. The van der Waals surface area contributed by atoms with Crippen molar-refractivity contribution in [3.05, 3.63) is 76.6 Å². The predicted octanol–water partition coefficient (Wildman–Crippen LogP) is 4.08. The van der Waals surface area contributed by atoms with Crippen molar-refractivity contribution in [3.63, 3.8) is 0 Å². The van der Waals surface area contributed by atoms with E-state index in [0.717, 1.165) is 91.3 Å². The second kappa shape index (κ2) is 11.4. The Morgan fingerprint density at radius 1 is 1.00 bits per heavy atom. The van der Waals surface area contributed by atoms with Crippen LogP contribution in [-0.4, -0.2) is 67.5 Å². The summed E-state index contributed by atoms with van der Waals surface area (Å²) >= 11 is 0. The first-order valence-electron chi connectivity index (χ1n) is 15.3. The summed E-state index contributed by atoms with van der Waals surface area (Å²) in [4.78, 5) is 37.6. The van der Waals surface area contributed by atoms with Gasteiger partial charge >= 0.3 is 0 Å². The van der Waals surface area contributed by atoms with Gasteiger partial charge in [-0.05, 0) is 73.4 Å². The number of imide groups is 1. The first-order valence-corrected chi connectivity index (χ1v) is 15.3. The second-order valence-corrected chi connectivity index (χ2v) is 12.2. The van der Waals surface area contributed by atoms with Crippen molar-refractivity contribution < 1.29 is 9.59 Å². The summed E-state index contributed by atoms with van der Waals surface area (Å²) in [6.07, 6.45) is 6.31. The number of piperidine rings is 1. The Kier molecular flexibility index (Phi) is 7.25. The van der Waals surface area contributed by atoms with E-state index in [1.54, 1.807) is 4.68 Å². The maximum Gasteiger partial charge on any atom is 0.274 e. The van der Waals surface area contributed by atoms with E-state index in [1.807, 2.05) is 18.1 Å². The smallest absolute Gasteiger partial charge is 0.274 e. The van der Waals surface area contributed by atoms with E-state index in [2.05, 4.69) is 76.1 Å². The lowest BCUT2D eigenvalue weighted by Gasteiger charge is -2.37. The summed E-state index contributed by atoms with van der Waals surface area (Å²) in [5, 5.41) is 14.8. The zero-order valence-electron chi connectivity index (χ0n) is 25.4. The monoisotopic (exact) mass is 591 g/mol. The molecule has 2 aromatic heterocycles. The van der Waals surface area contributed by atoms with Crippen molar-refractivity contribution in [1.82, 2.24) is 34.9 Å². The number of carbonyl (C=O) groups excluding carboxylic acids is 2. The van der Waals surface area contributed by atoms with E-state index < -0.39 is 0 Å².